The Balaban J connectivity index is 1.38. The van der Waals surface area contributed by atoms with Crippen LogP contribution in [0.4, 0.5) is 5.69 Å². The number of fused-ring (bicyclic) bond motifs is 3. The van der Waals surface area contributed by atoms with E-state index in [-0.39, 0.29) is 5.91 Å². The summed E-state index contributed by atoms with van der Waals surface area (Å²) in [5.41, 5.74) is 4.10. The molecular weight excluding hydrogens is 364 g/mol. The van der Waals surface area contributed by atoms with Crippen molar-refractivity contribution in [2.45, 2.75) is 26.1 Å². The molecule has 3 heterocycles. The highest BCUT2D eigenvalue weighted by Gasteiger charge is 2.27. The van der Waals surface area contributed by atoms with Crippen molar-refractivity contribution in [2.75, 3.05) is 11.9 Å². The minimum Gasteiger partial charge on any atom is -0.459 e. The molecule has 1 unspecified atom stereocenters. The van der Waals surface area contributed by atoms with Gasteiger partial charge in [0.15, 0.2) is 11.6 Å². The molecule has 0 saturated heterocycles. The topological polar surface area (TPSA) is 64.5 Å². The molecule has 146 valence electrons. The lowest BCUT2D eigenvalue weighted by Gasteiger charge is -2.30. The highest BCUT2D eigenvalue weighted by Crippen LogP contribution is 2.22. The Morgan fingerprint density at radius 1 is 1.17 bits per heavy atom. The Morgan fingerprint density at radius 3 is 2.83 bits per heavy atom. The lowest BCUT2D eigenvalue weighted by Crippen LogP contribution is -3.12. The number of nitrogens with zero attached hydrogens (tertiary/aromatic N) is 2. The average molecular weight is 387 g/mol. The predicted octanol–water partition coefficient (Wildman–Crippen LogP) is 3.04. The van der Waals surface area contributed by atoms with Crippen molar-refractivity contribution in [1.82, 2.24) is 9.55 Å². The van der Waals surface area contributed by atoms with Gasteiger partial charge in [0.1, 0.15) is 12.6 Å². The molecule has 2 atom stereocenters. The molecule has 2 aromatic carbocycles. The maximum absolute atomic E-state index is 12.2. The number of quaternary nitrogens is 1. The fourth-order valence-electron chi connectivity index (χ4n) is 4.14. The highest BCUT2D eigenvalue weighted by atomic mass is 16.3. The van der Waals surface area contributed by atoms with E-state index in [0.717, 1.165) is 42.2 Å². The van der Waals surface area contributed by atoms with Crippen LogP contribution in [0.25, 0.3) is 11.0 Å². The Hall–Kier alpha value is -3.38. The summed E-state index contributed by atoms with van der Waals surface area (Å²) in [4.78, 5) is 18.6. The Labute approximate surface area is 168 Å². The average Bonchev–Trinajstić information content (AvgIpc) is 3.41. The van der Waals surface area contributed by atoms with Gasteiger partial charge in [0, 0.05) is 11.3 Å². The van der Waals surface area contributed by atoms with Crippen LogP contribution < -0.4 is 10.2 Å². The summed E-state index contributed by atoms with van der Waals surface area (Å²) in [5.74, 6) is 1.13. The lowest BCUT2D eigenvalue weighted by molar-refractivity contribution is -0.947. The van der Waals surface area contributed by atoms with Crippen molar-refractivity contribution in [3.63, 3.8) is 0 Å². The molecule has 6 nitrogen and oxygen atoms in total. The van der Waals surface area contributed by atoms with Crippen LogP contribution in [-0.4, -0.2) is 22.0 Å². The summed E-state index contributed by atoms with van der Waals surface area (Å²) >= 11 is 0. The molecule has 1 aliphatic rings. The van der Waals surface area contributed by atoms with Crippen LogP contribution >= 0.6 is 0 Å². The van der Waals surface area contributed by atoms with E-state index in [4.69, 9.17) is 9.40 Å². The van der Waals surface area contributed by atoms with Crippen molar-refractivity contribution in [1.29, 1.82) is 0 Å². The smallest absolute Gasteiger partial charge is 0.291 e. The van der Waals surface area contributed by atoms with E-state index < -0.39 is 0 Å². The number of aromatic nitrogens is 2. The van der Waals surface area contributed by atoms with Crippen LogP contribution in [0.5, 0.6) is 0 Å². The quantitative estimate of drug-likeness (QED) is 0.566. The minimum atomic E-state index is -0.259. The molecule has 0 saturated carbocycles. The predicted molar refractivity (Wildman–Crippen MR) is 111 cm³/mol. The van der Waals surface area contributed by atoms with E-state index in [1.165, 1.54) is 16.7 Å². The third-order valence-corrected chi connectivity index (χ3v) is 5.78. The molecule has 1 aliphatic heterocycles. The van der Waals surface area contributed by atoms with Gasteiger partial charge in [-0.2, -0.15) is 0 Å². The standard InChI is InChI=1S/C23H22N4O2/c1-16(17-6-3-2-4-7-17)26-11-12-27-20-10-9-18(14-19(20)25-22(27)15-26)24-23(28)21-8-5-13-29-21/h2-10,13-14,16H,11-12,15H2,1H3,(H,24,28)/p+1/t16-/m0/s1. The van der Waals surface area contributed by atoms with Crippen molar-refractivity contribution in [3.8, 4) is 0 Å². The van der Waals surface area contributed by atoms with Gasteiger partial charge < -0.3 is 19.2 Å². The minimum absolute atomic E-state index is 0.259. The van der Waals surface area contributed by atoms with Gasteiger partial charge in [-0.3, -0.25) is 4.79 Å². The summed E-state index contributed by atoms with van der Waals surface area (Å²) in [6.45, 7) is 5.17. The van der Waals surface area contributed by atoms with Crippen LogP contribution in [0.1, 0.15) is 34.9 Å². The molecule has 1 amide bonds. The molecule has 6 heteroatoms. The van der Waals surface area contributed by atoms with Gasteiger partial charge in [-0.1, -0.05) is 30.3 Å². The number of nitrogens with one attached hydrogen (secondary N) is 2. The summed E-state index contributed by atoms with van der Waals surface area (Å²) in [5, 5.41) is 2.88. The monoisotopic (exact) mass is 387 g/mol. The molecule has 0 bridgehead atoms. The molecule has 0 spiro atoms. The first-order valence-corrected chi connectivity index (χ1v) is 9.92. The van der Waals surface area contributed by atoms with E-state index in [9.17, 15) is 4.79 Å². The largest absolute Gasteiger partial charge is 0.459 e. The van der Waals surface area contributed by atoms with Crippen LogP contribution in [0.3, 0.4) is 0 Å². The summed E-state index contributed by atoms with van der Waals surface area (Å²) in [6, 6.07) is 20.3. The first-order valence-electron chi connectivity index (χ1n) is 9.92. The molecule has 5 rings (SSSR count). The van der Waals surface area contributed by atoms with Gasteiger partial charge in [-0.15, -0.1) is 0 Å². The number of carbonyl (C=O) groups is 1. The van der Waals surface area contributed by atoms with Crippen molar-refractivity contribution < 1.29 is 14.1 Å². The number of furan rings is 1. The van der Waals surface area contributed by atoms with E-state index in [1.54, 1.807) is 12.1 Å². The van der Waals surface area contributed by atoms with E-state index >= 15 is 0 Å². The molecule has 0 radical (unpaired) electrons. The van der Waals surface area contributed by atoms with E-state index in [1.807, 2.05) is 18.2 Å². The fraction of sp³-hybridized carbons (Fsp3) is 0.217. The Kier molecular flexibility index (Phi) is 4.41. The number of rotatable bonds is 4. The molecular formula is C23H23N4O2+. The first kappa shape index (κ1) is 17.7. The van der Waals surface area contributed by atoms with Crippen LogP contribution in [0.2, 0.25) is 0 Å². The van der Waals surface area contributed by atoms with E-state index in [0.29, 0.717) is 11.8 Å². The third-order valence-electron chi connectivity index (χ3n) is 5.78. The number of hydrogen-bond acceptors (Lipinski definition) is 3. The summed E-state index contributed by atoms with van der Waals surface area (Å²) in [7, 11) is 0. The summed E-state index contributed by atoms with van der Waals surface area (Å²) < 4.78 is 7.46. The highest BCUT2D eigenvalue weighted by molar-refractivity contribution is 6.03. The maximum atomic E-state index is 12.2. The van der Waals surface area contributed by atoms with Crippen molar-refractivity contribution >= 4 is 22.6 Å². The molecule has 0 fully saturated rings. The van der Waals surface area contributed by atoms with Gasteiger partial charge in [-0.05, 0) is 37.3 Å². The van der Waals surface area contributed by atoms with Crippen LogP contribution in [0.15, 0.2) is 71.3 Å². The fourth-order valence-corrected chi connectivity index (χ4v) is 4.14. The second-order valence-corrected chi connectivity index (χ2v) is 7.53. The maximum Gasteiger partial charge on any atom is 0.291 e. The van der Waals surface area contributed by atoms with Gasteiger partial charge in [0.2, 0.25) is 0 Å². The second-order valence-electron chi connectivity index (χ2n) is 7.53. The Morgan fingerprint density at radius 2 is 2.03 bits per heavy atom. The molecule has 2 N–H and O–H groups in total. The number of anilines is 1. The second kappa shape index (κ2) is 7.22. The number of amides is 1. The number of benzene rings is 2. The van der Waals surface area contributed by atoms with Gasteiger partial charge in [0.25, 0.3) is 5.91 Å². The van der Waals surface area contributed by atoms with Crippen LogP contribution in [-0.2, 0) is 13.1 Å². The molecule has 29 heavy (non-hydrogen) atoms. The Bertz CT molecular complexity index is 1150. The van der Waals surface area contributed by atoms with Crippen molar-refractivity contribution in [3.05, 3.63) is 84.1 Å². The number of carbonyl (C=O) groups excluding carboxylic acids is 1. The zero-order valence-electron chi connectivity index (χ0n) is 16.3. The number of hydrogen-bond donors (Lipinski definition) is 2. The van der Waals surface area contributed by atoms with Crippen molar-refractivity contribution in [2.24, 2.45) is 0 Å². The molecule has 0 aliphatic carbocycles. The van der Waals surface area contributed by atoms with Gasteiger partial charge in [0.05, 0.1) is 30.4 Å². The SMILES string of the molecule is C[C@@H](c1ccccc1)[NH+]1CCn2c(nc3cc(NC(=O)c4ccco4)ccc32)C1. The molecule has 2 aromatic heterocycles. The zero-order valence-corrected chi connectivity index (χ0v) is 16.3. The molecule has 4 aromatic rings. The normalized spacial score (nSPS) is 17.1. The first-order chi connectivity index (χ1) is 14.2. The van der Waals surface area contributed by atoms with E-state index in [2.05, 4.69) is 47.1 Å². The van der Waals surface area contributed by atoms with Gasteiger partial charge in [-0.25, -0.2) is 4.98 Å². The van der Waals surface area contributed by atoms with Crippen LogP contribution in [0, 0.1) is 0 Å². The summed E-state index contributed by atoms with van der Waals surface area (Å²) in [6.07, 6.45) is 1.49. The third kappa shape index (κ3) is 3.32. The van der Waals surface area contributed by atoms with Gasteiger partial charge >= 0.3 is 0 Å². The number of imidazole rings is 1. The lowest BCUT2D eigenvalue weighted by atomic mass is 10.1. The zero-order chi connectivity index (χ0) is 19.8.